The standard InChI is InChI=1S/C14H20O2/c1-9-7-10(2)14(13(8-9)16-3)11-5-4-6-12(11)15/h7-8,11-12,15H,4-6H2,1-3H3. The van der Waals surface area contributed by atoms with Gasteiger partial charge in [0.05, 0.1) is 13.2 Å². The van der Waals surface area contributed by atoms with Crippen molar-refractivity contribution in [1.29, 1.82) is 0 Å². The number of hydrogen-bond donors (Lipinski definition) is 1. The third kappa shape index (κ3) is 1.94. The molecule has 2 nitrogen and oxygen atoms in total. The van der Waals surface area contributed by atoms with Crippen molar-refractivity contribution in [3.63, 3.8) is 0 Å². The van der Waals surface area contributed by atoms with Crippen LogP contribution in [0, 0.1) is 13.8 Å². The zero-order valence-electron chi connectivity index (χ0n) is 10.3. The fourth-order valence-corrected chi connectivity index (χ4v) is 2.86. The molecule has 16 heavy (non-hydrogen) atoms. The van der Waals surface area contributed by atoms with Gasteiger partial charge in [-0.3, -0.25) is 0 Å². The van der Waals surface area contributed by atoms with Crippen LogP contribution in [0.1, 0.15) is 41.9 Å². The van der Waals surface area contributed by atoms with Crippen LogP contribution in [-0.2, 0) is 0 Å². The smallest absolute Gasteiger partial charge is 0.122 e. The van der Waals surface area contributed by atoms with Gasteiger partial charge in [-0.2, -0.15) is 0 Å². The van der Waals surface area contributed by atoms with Gasteiger partial charge < -0.3 is 9.84 Å². The van der Waals surface area contributed by atoms with E-state index in [0.717, 1.165) is 25.0 Å². The molecular weight excluding hydrogens is 200 g/mol. The molecular formula is C14H20O2. The van der Waals surface area contributed by atoms with Crippen molar-refractivity contribution in [2.75, 3.05) is 7.11 Å². The molecule has 1 aliphatic carbocycles. The lowest BCUT2D eigenvalue weighted by Crippen LogP contribution is -2.13. The van der Waals surface area contributed by atoms with E-state index in [2.05, 4.69) is 26.0 Å². The van der Waals surface area contributed by atoms with Crippen molar-refractivity contribution in [3.05, 3.63) is 28.8 Å². The van der Waals surface area contributed by atoms with Crippen molar-refractivity contribution in [2.24, 2.45) is 0 Å². The first-order valence-electron chi connectivity index (χ1n) is 5.96. The molecule has 0 heterocycles. The summed E-state index contributed by atoms with van der Waals surface area (Å²) >= 11 is 0. The Hall–Kier alpha value is -1.02. The first-order valence-corrected chi connectivity index (χ1v) is 5.96. The van der Waals surface area contributed by atoms with Gasteiger partial charge in [0.15, 0.2) is 0 Å². The minimum atomic E-state index is -0.199. The second-order valence-electron chi connectivity index (χ2n) is 4.80. The number of ether oxygens (including phenoxy) is 1. The van der Waals surface area contributed by atoms with Crippen molar-refractivity contribution < 1.29 is 9.84 Å². The van der Waals surface area contributed by atoms with E-state index in [-0.39, 0.29) is 12.0 Å². The predicted octanol–water partition coefficient (Wildman–Crippen LogP) is 2.94. The number of hydrogen-bond acceptors (Lipinski definition) is 2. The van der Waals surface area contributed by atoms with Gasteiger partial charge in [0, 0.05) is 11.5 Å². The quantitative estimate of drug-likeness (QED) is 0.830. The number of aryl methyl sites for hydroxylation is 2. The minimum absolute atomic E-state index is 0.199. The van der Waals surface area contributed by atoms with Gasteiger partial charge in [-0.1, -0.05) is 12.5 Å². The molecule has 2 unspecified atom stereocenters. The number of aliphatic hydroxyl groups is 1. The Morgan fingerprint density at radius 3 is 2.56 bits per heavy atom. The molecule has 88 valence electrons. The van der Waals surface area contributed by atoms with E-state index in [1.165, 1.54) is 16.7 Å². The van der Waals surface area contributed by atoms with Crippen molar-refractivity contribution >= 4 is 0 Å². The van der Waals surface area contributed by atoms with E-state index in [1.54, 1.807) is 7.11 Å². The van der Waals surface area contributed by atoms with Crippen LogP contribution in [-0.4, -0.2) is 18.3 Å². The molecule has 0 amide bonds. The monoisotopic (exact) mass is 220 g/mol. The molecule has 1 fully saturated rings. The molecule has 0 aromatic heterocycles. The van der Waals surface area contributed by atoms with E-state index in [0.29, 0.717) is 0 Å². The SMILES string of the molecule is COc1cc(C)cc(C)c1C1CCCC1O. The Kier molecular flexibility index (Phi) is 3.20. The number of methoxy groups -OCH3 is 1. The summed E-state index contributed by atoms with van der Waals surface area (Å²) in [7, 11) is 1.71. The Morgan fingerprint density at radius 2 is 2.00 bits per heavy atom. The van der Waals surface area contributed by atoms with Gasteiger partial charge in [0.25, 0.3) is 0 Å². The molecule has 2 atom stereocenters. The van der Waals surface area contributed by atoms with Crippen molar-refractivity contribution in [3.8, 4) is 5.75 Å². The maximum atomic E-state index is 10.0. The van der Waals surface area contributed by atoms with Gasteiger partial charge in [-0.15, -0.1) is 0 Å². The third-order valence-corrected chi connectivity index (χ3v) is 3.56. The minimum Gasteiger partial charge on any atom is -0.496 e. The molecule has 0 spiro atoms. The number of rotatable bonds is 2. The van der Waals surface area contributed by atoms with Crippen LogP contribution in [0.2, 0.25) is 0 Å². The van der Waals surface area contributed by atoms with E-state index in [9.17, 15) is 5.11 Å². The van der Waals surface area contributed by atoms with Crippen LogP contribution in [0.25, 0.3) is 0 Å². The van der Waals surface area contributed by atoms with E-state index in [4.69, 9.17) is 4.74 Å². The maximum Gasteiger partial charge on any atom is 0.122 e. The van der Waals surface area contributed by atoms with Gasteiger partial charge in [0.2, 0.25) is 0 Å². The van der Waals surface area contributed by atoms with Crippen LogP contribution in [0.15, 0.2) is 12.1 Å². The lowest BCUT2D eigenvalue weighted by molar-refractivity contribution is 0.162. The van der Waals surface area contributed by atoms with Crippen LogP contribution < -0.4 is 4.74 Å². The summed E-state index contributed by atoms with van der Waals surface area (Å²) < 4.78 is 5.46. The highest BCUT2D eigenvalue weighted by molar-refractivity contribution is 5.46. The van der Waals surface area contributed by atoms with Crippen LogP contribution in [0.4, 0.5) is 0 Å². The lowest BCUT2D eigenvalue weighted by Gasteiger charge is -2.21. The second kappa shape index (κ2) is 4.46. The highest BCUT2D eigenvalue weighted by Crippen LogP contribution is 2.41. The fraction of sp³-hybridized carbons (Fsp3) is 0.571. The first kappa shape index (κ1) is 11.5. The zero-order chi connectivity index (χ0) is 11.7. The van der Waals surface area contributed by atoms with Gasteiger partial charge in [-0.05, 0) is 43.9 Å². The summed E-state index contributed by atoms with van der Waals surface area (Å²) in [5, 5.41) is 10.0. The Bertz CT molecular complexity index is 385. The molecule has 1 saturated carbocycles. The highest BCUT2D eigenvalue weighted by atomic mass is 16.5. The van der Waals surface area contributed by atoms with E-state index in [1.807, 2.05) is 0 Å². The summed E-state index contributed by atoms with van der Waals surface area (Å²) in [6.45, 7) is 4.18. The molecule has 0 aliphatic heterocycles. The molecule has 2 heteroatoms. The fourth-order valence-electron chi connectivity index (χ4n) is 2.86. The summed E-state index contributed by atoms with van der Waals surface area (Å²) in [6, 6.07) is 4.23. The van der Waals surface area contributed by atoms with Crippen LogP contribution in [0.5, 0.6) is 5.75 Å². The molecule has 0 saturated heterocycles. The van der Waals surface area contributed by atoms with Gasteiger partial charge in [-0.25, -0.2) is 0 Å². The molecule has 1 aromatic rings. The molecule has 2 rings (SSSR count). The van der Waals surface area contributed by atoms with Crippen LogP contribution >= 0.6 is 0 Å². The normalized spacial score (nSPS) is 24.8. The molecule has 0 bridgehead atoms. The summed E-state index contributed by atoms with van der Waals surface area (Å²) in [5.74, 6) is 1.19. The Balaban J connectivity index is 2.46. The third-order valence-electron chi connectivity index (χ3n) is 3.56. The number of aliphatic hydroxyl groups excluding tert-OH is 1. The molecule has 1 aliphatic rings. The largest absolute Gasteiger partial charge is 0.496 e. The average Bonchev–Trinajstić information content (AvgIpc) is 2.63. The maximum absolute atomic E-state index is 10.0. The van der Waals surface area contributed by atoms with Crippen LogP contribution in [0.3, 0.4) is 0 Å². The topological polar surface area (TPSA) is 29.5 Å². The summed E-state index contributed by atoms with van der Waals surface area (Å²) in [6.07, 6.45) is 2.90. The molecule has 1 aromatic carbocycles. The van der Waals surface area contributed by atoms with E-state index >= 15 is 0 Å². The van der Waals surface area contributed by atoms with E-state index < -0.39 is 0 Å². The average molecular weight is 220 g/mol. The van der Waals surface area contributed by atoms with Crippen molar-refractivity contribution in [1.82, 2.24) is 0 Å². The Morgan fingerprint density at radius 1 is 1.25 bits per heavy atom. The summed E-state index contributed by atoms with van der Waals surface area (Å²) in [5.41, 5.74) is 3.66. The van der Waals surface area contributed by atoms with Gasteiger partial charge in [0.1, 0.15) is 5.75 Å². The zero-order valence-corrected chi connectivity index (χ0v) is 10.3. The first-order chi connectivity index (χ1) is 7.63. The second-order valence-corrected chi connectivity index (χ2v) is 4.80. The van der Waals surface area contributed by atoms with Gasteiger partial charge >= 0.3 is 0 Å². The van der Waals surface area contributed by atoms with Crippen molar-refractivity contribution in [2.45, 2.75) is 45.1 Å². The highest BCUT2D eigenvalue weighted by Gasteiger charge is 2.30. The summed E-state index contributed by atoms with van der Waals surface area (Å²) in [4.78, 5) is 0. The lowest BCUT2D eigenvalue weighted by atomic mass is 9.90. The Labute approximate surface area is 97.3 Å². The molecule has 0 radical (unpaired) electrons. The molecule has 1 N–H and O–H groups in total. The number of benzene rings is 1. The predicted molar refractivity (Wildman–Crippen MR) is 65.1 cm³/mol.